The standard InChI is InChI=1S/C20H26O5/c1-10-6-19-7-11(10)4-5-13(19)20-9-12(21)8-18(2,17(23)25-20)15(20)14(19)16(22)24-3/h11-15,21H,1,4-9H2,2-3H3/t11-,12-,13-,14-,15-,18-,19+,20-/m1/s1. The van der Waals surface area contributed by atoms with Crippen LogP contribution in [-0.2, 0) is 19.1 Å². The summed E-state index contributed by atoms with van der Waals surface area (Å²) in [6, 6.07) is 0. The summed E-state index contributed by atoms with van der Waals surface area (Å²) in [5.74, 6) is -0.409. The maximum Gasteiger partial charge on any atom is 0.312 e. The largest absolute Gasteiger partial charge is 0.469 e. The molecule has 5 rings (SSSR count). The molecule has 5 heteroatoms. The van der Waals surface area contributed by atoms with E-state index in [1.807, 2.05) is 6.92 Å². The van der Waals surface area contributed by atoms with Gasteiger partial charge < -0.3 is 14.6 Å². The molecule has 5 aliphatic rings. The van der Waals surface area contributed by atoms with Gasteiger partial charge in [0.05, 0.1) is 24.5 Å². The van der Waals surface area contributed by atoms with Gasteiger partial charge in [-0.2, -0.15) is 0 Å². The molecule has 8 atom stereocenters. The van der Waals surface area contributed by atoms with Crippen molar-refractivity contribution in [1.82, 2.24) is 0 Å². The topological polar surface area (TPSA) is 72.8 Å². The molecule has 0 aromatic heterocycles. The molecule has 0 aromatic carbocycles. The molecule has 1 saturated heterocycles. The van der Waals surface area contributed by atoms with Gasteiger partial charge in [0.15, 0.2) is 0 Å². The molecule has 0 radical (unpaired) electrons. The summed E-state index contributed by atoms with van der Waals surface area (Å²) < 4.78 is 11.4. The van der Waals surface area contributed by atoms with E-state index in [0.29, 0.717) is 18.8 Å². The Balaban J connectivity index is 1.74. The lowest BCUT2D eigenvalue weighted by atomic mass is 9.59. The van der Waals surface area contributed by atoms with Gasteiger partial charge in [-0.3, -0.25) is 9.59 Å². The highest BCUT2D eigenvalue weighted by Crippen LogP contribution is 2.77. The summed E-state index contributed by atoms with van der Waals surface area (Å²) in [6.07, 6.45) is 4.02. The van der Waals surface area contributed by atoms with Crippen molar-refractivity contribution >= 4 is 11.9 Å². The molecule has 4 saturated carbocycles. The fourth-order valence-electron chi connectivity index (χ4n) is 7.89. The first kappa shape index (κ1) is 15.9. The van der Waals surface area contributed by atoms with E-state index in [1.165, 1.54) is 12.7 Å². The van der Waals surface area contributed by atoms with Gasteiger partial charge in [0.2, 0.25) is 0 Å². The van der Waals surface area contributed by atoms with E-state index < -0.39 is 17.1 Å². The third kappa shape index (κ3) is 1.56. The predicted octanol–water partition coefficient (Wildman–Crippen LogP) is 2.22. The highest BCUT2D eigenvalue weighted by Gasteiger charge is 2.82. The molecule has 1 N–H and O–H groups in total. The number of fused-ring (bicyclic) bond motifs is 1. The zero-order valence-electron chi connectivity index (χ0n) is 14.9. The number of ether oxygens (including phenoxy) is 2. The molecule has 1 heterocycles. The fourth-order valence-corrected chi connectivity index (χ4v) is 7.89. The van der Waals surface area contributed by atoms with E-state index in [0.717, 1.165) is 25.7 Å². The minimum absolute atomic E-state index is 0.116. The van der Waals surface area contributed by atoms with Crippen LogP contribution in [0.2, 0.25) is 0 Å². The van der Waals surface area contributed by atoms with E-state index in [2.05, 4.69) is 6.58 Å². The van der Waals surface area contributed by atoms with E-state index in [-0.39, 0.29) is 35.1 Å². The molecule has 5 nitrogen and oxygen atoms in total. The summed E-state index contributed by atoms with van der Waals surface area (Å²) in [5, 5.41) is 10.5. The van der Waals surface area contributed by atoms with Crippen LogP contribution in [0.1, 0.15) is 45.4 Å². The van der Waals surface area contributed by atoms with Gasteiger partial charge in [0.1, 0.15) is 5.60 Å². The zero-order chi connectivity index (χ0) is 17.8. The van der Waals surface area contributed by atoms with Crippen LogP contribution in [-0.4, -0.2) is 35.9 Å². The first-order chi connectivity index (χ1) is 11.8. The number of methoxy groups -OCH3 is 1. The lowest BCUT2D eigenvalue weighted by molar-refractivity contribution is -0.161. The first-order valence-electron chi connectivity index (χ1n) is 9.45. The Morgan fingerprint density at radius 1 is 1.32 bits per heavy atom. The summed E-state index contributed by atoms with van der Waals surface area (Å²) >= 11 is 0. The molecule has 4 aliphatic carbocycles. The van der Waals surface area contributed by atoms with Crippen molar-refractivity contribution in [2.24, 2.45) is 34.5 Å². The Hall–Kier alpha value is -1.36. The van der Waals surface area contributed by atoms with Gasteiger partial charge in [-0.1, -0.05) is 12.2 Å². The number of carbonyl (C=O) groups is 2. The van der Waals surface area contributed by atoms with E-state index in [4.69, 9.17) is 9.47 Å². The van der Waals surface area contributed by atoms with E-state index >= 15 is 0 Å². The van der Waals surface area contributed by atoms with Crippen LogP contribution in [0.3, 0.4) is 0 Å². The van der Waals surface area contributed by atoms with Crippen molar-refractivity contribution in [2.75, 3.05) is 7.11 Å². The molecule has 0 amide bonds. The Bertz CT molecular complexity index is 700. The molecule has 5 fully saturated rings. The monoisotopic (exact) mass is 346 g/mol. The quantitative estimate of drug-likeness (QED) is 0.582. The summed E-state index contributed by atoms with van der Waals surface area (Å²) in [5.41, 5.74) is -0.497. The Kier molecular flexibility index (Phi) is 2.84. The molecular formula is C20H26O5. The van der Waals surface area contributed by atoms with Crippen LogP contribution in [0.25, 0.3) is 0 Å². The average molecular weight is 346 g/mol. The van der Waals surface area contributed by atoms with Gasteiger partial charge in [-0.15, -0.1) is 0 Å². The number of aliphatic hydroxyl groups is 1. The molecule has 0 aromatic rings. The summed E-state index contributed by atoms with van der Waals surface area (Å²) in [6.45, 7) is 6.17. The number of carbonyl (C=O) groups excluding carboxylic acids is 2. The average Bonchev–Trinajstić information content (AvgIpc) is 2.99. The van der Waals surface area contributed by atoms with Crippen LogP contribution >= 0.6 is 0 Å². The van der Waals surface area contributed by atoms with Gasteiger partial charge >= 0.3 is 11.9 Å². The minimum Gasteiger partial charge on any atom is -0.469 e. The van der Waals surface area contributed by atoms with Crippen molar-refractivity contribution in [1.29, 1.82) is 0 Å². The van der Waals surface area contributed by atoms with Crippen LogP contribution in [0, 0.1) is 34.5 Å². The van der Waals surface area contributed by atoms with Crippen molar-refractivity contribution in [3.05, 3.63) is 12.2 Å². The van der Waals surface area contributed by atoms with Gasteiger partial charge in [-0.25, -0.2) is 0 Å². The molecule has 1 aliphatic heterocycles. The number of hydrogen-bond acceptors (Lipinski definition) is 5. The molecule has 1 spiro atoms. The highest BCUT2D eigenvalue weighted by atomic mass is 16.6. The maximum atomic E-state index is 13.0. The normalized spacial score (nSPS) is 55.6. The lowest BCUT2D eigenvalue weighted by Gasteiger charge is -2.44. The van der Waals surface area contributed by atoms with Crippen LogP contribution in [0.15, 0.2) is 12.2 Å². The van der Waals surface area contributed by atoms with Gasteiger partial charge in [0.25, 0.3) is 0 Å². The predicted molar refractivity (Wildman–Crippen MR) is 88.2 cm³/mol. The molecule has 4 bridgehead atoms. The van der Waals surface area contributed by atoms with Crippen LogP contribution in [0.4, 0.5) is 0 Å². The number of rotatable bonds is 1. The maximum absolute atomic E-state index is 13.0. The first-order valence-corrected chi connectivity index (χ1v) is 9.45. The van der Waals surface area contributed by atoms with Gasteiger partial charge in [0, 0.05) is 18.3 Å². The molecule has 25 heavy (non-hydrogen) atoms. The highest BCUT2D eigenvalue weighted by molar-refractivity contribution is 5.85. The SMILES string of the molecule is C=C1C[C@]23C[C@H]1CC[C@H]2[C@@]12C[C@H](O)C[C@@](C)(C(=O)O1)[C@H]2[C@@H]3C(=O)OC. The minimum atomic E-state index is -0.804. The van der Waals surface area contributed by atoms with Crippen LogP contribution < -0.4 is 0 Å². The molecule has 136 valence electrons. The summed E-state index contributed by atoms with van der Waals surface area (Å²) in [4.78, 5) is 25.8. The lowest BCUT2D eigenvalue weighted by Crippen LogP contribution is -2.51. The third-order valence-corrected chi connectivity index (χ3v) is 8.43. The second kappa shape index (κ2) is 4.48. The fraction of sp³-hybridized carbons (Fsp3) is 0.800. The molecule has 0 unspecified atom stereocenters. The zero-order valence-corrected chi connectivity index (χ0v) is 14.9. The van der Waals surface area contributed by atoms with Crippen molar-refractivity contribution < 1.29 is 24.2 Å². The van der Waals surface area contributed by atoms with E-state index in [9.17, 15) is 14.7 Å². The number of esters is 2. The number of hydrogen-bond donors (Lipinski definition) is 1. The Morgan fingerprint density at radius 2 is 2.08 bits per heavy atom. The smallest absolute Gasteiger partial charge is 0.312 e. The second-order valence-corrected chi connectivity index (χ2v) is 9.40. The third-order valence-electron chi connectivity index (χ3n) is 8.43. The van der Waals surface area contributed by atoms with Gasteiger partial charge in [-0.05, 0) is 50.4 Å². The van der Waals surface area contributed by atoms with Crippen LogP contribution in [0.5, 0.6) is 0 Å². The number of allylic oxidation sites excluding steroid dienone is 1. The van der Waals surface area contributed by atoms with E-state index in [1.54, 1.807) is 0 Å². The summed E-state index contributed by atoms with van der Waals surface area (Å²) in [7, 11) is 1.44. The second-order valence-electron chi connectivity index (χ2n) is 9.40. The Labute approximate surface area is 147 Å². The number of aliphatic hydroxyl groups excluding tert-OH is 1. The molecular weight excluding hydrogens is 320 g/mol. The van der Waals surface area contributed by atoms with Crippen molar-refractivity contribution in [2.45, 2.75) is 57.2 Å². The van der Waals surface area contributed by atoms with Crippen molar-refractivity contribution in [3.63, 3.8) is 0 Å². The van der Waals surface area contributed by atoms with Crippen molar-refractivity contribution in [3.8, 4) is 0 Å². The Morgan fingerprint density at radius 3 is 2.80 bits per heavy atom.